The van der Waals surface area contributed by atoms with Crippen molar-refractivity contribution in [1.82, 2.24) is 0 Å². The van der Waals surface area contributed by atoms with Crippen molar-refractivity contribution in [2.45, 2.75) is 38.2 Å². The molecule has 2 bridgehead atoms. The fraction of sp³-hybridized carbons (Fsp3) is 0.875. The molecule has 2 fully saturated rings. The highest BCUT2D eigenvalue weighted by molar-refractivity contribution is 5.70. The summed E-state index contributed by atoms with van der Waals surface area (Å²) < 4.78 is 5.12. The van der Waals surface area contributed by atoms with E-state index in [0.29, 0.717) is 12.3 Å². The molecule has 0 radical (unpaired) electrons. The summed E-state index contributed by atoms with van der Waals surface area (Å²) in [6.07, 6.45) is 5.68. The van der Waals surface area contributed by atoms with Gasteiger partial charge in [0.05, 0.1) is 0 Å². The van der Waals surface area contributed by atoms with Crippen LogP contribution >= 0.6 is 0 Å². The molecule has 0 unspecified atom stereocenters. The van der Waals surface area contributed by atoms with Gasteiger partial charge in [0, 0.05) is 6.42 Å². The minimum Gasteiger partial charge on any atom is -0.462 e. The minimum atomic E-state index is 0.0287. The van der Waals surface area contributed by atoms with Crippen LogP contribution in [0.15, 0.2) is 0 Å². The highest BCUT2D eigenvalue weighted by Gasteiger charge is 2.31. The maximum atomic E-state index is 10.9. The molecule has 1 heterocycles. The van der Waals surface area contributed by atoms with Crippen molar-refractivity contribution in [3.63, 3.8) is 0 Å². The summed E-state index contributed by atoms with van der Waals surface area (Å²) in [5.74, 6) is 0.681. The van der Waals surface area contributed by atoms with Crippen LogP contribution in [0.25, 0.3) is 0 Å². The van der Waals surface area contributed by atoms with Gasteiger partial charge < -0.3 is 4.74 Å². The predicted octanol–water partition coefficient (Wildman–Crippen LogP) is 1.49. The van der Waals surface area contributed by atoms with Crippen LogP contribution in [0.4, 0.5) is 0 Å². The van der Waals surface area contributed by atoms with Gasteiger partial charge in [0.2, 0.25) is 0 Å². The number of carbonyl (C=O) groups excluding carboxylic acids is 1. The Morgan fingerprint density at radius 1 is 1.40 bits per heavy atom. The lowest BCUT2D eigenvalue weighted by atomic mass is 9.83. The van der Waals surface area contributed by atoms with E-state index in [4.69, 9.17) is 4.74 Å². The molecule has 1 aliphatic carbocycles. The van der Waals surface area contributed by atoms with Crippen molar-refractivity contribution in [3.05, 3.63) is 0 Å². The van der Waals surface area contributed by atoms with Gasteiger partial charge >= 0.3 is 5.97 Å². The predicted molar refractivity (Wildman–Crippen MR) is 36.5 cm³/mol. The van der Waals surface area contributed by atoms with Crippen LogP contribution in [0.3, 0.4) is 0 Å². The van der Waals surface area contributed by atoms with E-state index in [9.17, 15) is 4.79 Å². The Balaban J connectivity index is 2.05. The van der Waals surface area contributed by atoms with Gasteiger partial charge in [-0.25, -0.2) is 0 Å². The van der Waals surface area contributed by atoms with E-state index < -0.39 is 0 Å². The van der Waals surface area contributed by atoms with Crippen LogP contribution in [0.1, 0.15) is 32.1 Å². The number of rotatable bonds is 0. The van der Waals surface area contributed by atoms with Crippen LogP contribution in [0.5, 0.6) is 0 Å². The van der Waals surface area contributed by atoms with Gasteiger partial charge in [-0.3, -0.25) is 4.79 Å². The second kappa shape index (κ2) is 2.26. The van der Waals surface area contributed by atoms with Crippen LogP contribution in [-0.4, -0.2) is 12.1 Å². The first-order valence-corrected chi connectivity index (χ1v) is 4.04. The standard InChI is InChI=1S/C8H12O2/c9-8-5-6-2-1-3-7(4-6)10-8/h6-7H,1-5H2/t6-,7+/m0/s1. The smallest absolute Gasteiger partial charge is 0.306 e. The van der Waals surface area contributed by atoms with E-state index in [0.717, 1.165) is 12.8 Å². The van der Waals surface area contributed by atoms with E-state index in [1.807, 2.05) is 0 Å². The number of fused-ring (bicyclic) bond motifs is 2. The SMILES string of the molecule is O=C1C[C@H]2CCC[C@H](C2)O1. The molecule has 2 heteroatoms. The summed E-state index contributed by atoms with van der Waals surface area (Å²) in [5.41, 5.74) is 0. The molecule has 0 amide bonds. The van der Waals surface area contributed by atoms with Gasteiger partial charge in [0.25, 0.3) is 0 Å². The molecule has 0 aromatic heterocycles. The van der Waals surface area contributed by atoms with Crippen molar-refractivity contribution in [3.8, 4) is 0 Å². The Bertz CT molecular complexity index is 139. The van der Waals surface area contributed by atoms with Crippen LogP contribution < -0.4 is 0 Å². The summed E-state index contributed by atoms with van der Waals surface area (Å²) in [4.78, 5) is 10.9. The Morgan fingerprint density at radius 2 is 2.30 bits per heavy atom. The highest BCUT2D eigenvalue weighted by atomic mass is 16.5. The molecule has 1 aliphatic heterocycles. The molecule has 0 aromatic carbocycles. The normalized spacial score (nSPS) is 39.0. The van der Waals surface area contributed by atoms with E-state index in [2.05, 4.69) is 0 Å². The fourth-order valence-corrected chi connectivity index (χ4v) is 2.00. The molecule has 0 spiro atoms. The molecule has 2 atom stereocenters. The monoisotopic (exact) mass is 140 g/mol. The molecule has 0 N–H and O–H groups in total. The molecular weight excluding hydrogens is 128 g/mol. The van der Waals surface area contributed by atoms with E-state index in [1.54, 1.807) is 0 Å². The molecule has 1 saturated heterocycles. The summed E-state index contributed by atoms with van der Waals surface area (Å²) in [7, 11) is 0. The fourth-order valence-electron chi connectivity index (χ4n) is 2.00. The zero-order valence-corrected chi connectivity index (χ0v) is 6.01. The number of hydrogen-bond donors (Lipinski definition) is 0. The first-order chi connectivity index (χ1) is 4.84. The van der Waals surface area contributed by atoms with Crippen molar-refractivity contribution in [1.29, 1.82) is 0 Å². The Morgan fingerprint density at radius 3 is 3.10 bits per heavy atom. The number of carbonyl (C=O) groups is 1. The zero-order chi connectivity index (χ0) is 6.97. The van der Waals surface area contributed by atoms with Gasteiger partial charge in [0.1, 0.15) is 6.10 Å². The topological polar surface area (TPSA) is 26.3 Å². The van der Waals surface area contributed by atoms with Crippen molar-refractivity contribution >= 4 is 5.97 Å². The molecule has 56 valence electrons. The summed E-state index contributed by atoms with van der Waals surface area (Å²) in [5, 5.41) is 0. The van der Waals surface area contributed by atoms with Crippen molar-refractivity contribution in [2.75, 3.05) is 0 Å². The number of esters is 1. The second-order valence-electron chi connectivity index (χ2n) is 3.35. The summed E-state index contributed by atoms with van der Waals surface area (Å²) in [6.45, 7) is 0. The first kappa shape index (κ1) is 6.20. The Kier molecular flexibility index (Phi) is 1.40. The van der Waals surface area contributed by atoms with Crippen LogP contribution in [-0.2, 0) is 9.53 Å². The van der Waals surface area contributed by atoms with Gasteiger partial charge in [0.15, 0.2) is 0 Å². The molecular formula is C8H12O2. The Hall–Kier alpha value is -0.530. The quantitative estimate of drug-likeness (QED) is 0.476. The van der Waals surface area contributed by atoms with Crippen molar-refractivity contribution < 1.29 is 9.53 Å². The highest BCUT2D eigenvalue weighted by Crippen LogP contribution is 2.32. The largest absolute Gasteiger partial charge is 0.462 e. The van der Waals surface area contributed by atoms with Gasteiger partial charge in [-0.15, -0.1) is 0 Å². The number of ether oxygens (including phenoxy) is 1. The van der Waals surface area contributed by atoms with Crippen LogP contribution in [0.2, 0.25) is 0 Å². The van der Waals surface area contributed by atoms with Gasteiger partial charge in [-0.1, -0.05) is 0 Å². The molecule has 10 heavy (non-hydrogen) atoms. The summed E-state index contributed by atoms with van der Waals surface area (Å²) >= 11 is 0. The van der Waals surface area contributed by atoms with Crippen molar-refractivity contribution in [2.24, 2.45) is 5.92 Å². The molecule has 1 saturated carbocycles. The van der Waals surface area contributed by atoms with Crippen LogP contribution in [0, 0.1) is 5.92 Å². The average Bonchev–Trinajstić information content (AvgIpc) is 1.85. The first-order valence-electron chi connectivity index (χ1n) is 4.04. The molecule has 2 rings (SSSR count). The third-order valence-electron chi connectivity index (χ3n) is 2.49. The lowest BCUT2D eigenvalue weighted by Crippen LogP contribution is -2.32. The number of hydrogen-bond acceptors (Lipinski definition) is 2. The van der Waals surface area contributed by atoms with Gasteiger partial charge in [-0.05, 0) is 31.6 Å². The third-order valence-corrected chi connectivity index (χ3v) is 2.49. The second-order valence-corrected chi connectivity index (χ2v) is 3.35. The molecule has 2 nitrogen and oxygen atoms in total. The maximum Gasteiger partial charge on any atom is 0.306 e. The van der Waals surface area contributed by atoms with E-state index in [1.165, 1.54) is 12.8 Å². The lowest BCUT2D eigenvalue weighted by molar-refractivity contribution is -0.159. The maximum absolute atomic E-state index is 10.9. The van der Waals surface area contributed by atoms with Gasteiger partial charge in [-0.2, -0.15) is 0 Å². The molecule has 0 aromatic rings. The lowest BCUT2D eigenvalue weighted by Gasteiger charge is -2.33. The third kappa shape index (κ3) is 1.02. The molecule has 2 aliphatic rings. The minimum absolute atomic E-state index is 0.0287. The van der Waals surface area contributed by atoms with E-state index >= 15 is 0 Å². The van der Waals surface area contributed by atoms with E-state index in [-0.39, 0.29) is 12.1 Å². The Labute approximate surface area is 60.6 Å². The average molecular weight is 140 g/mol. The zero-order valence-electron chi connectivity index (χ0n) is 6.01. The summed E-state index contributed by atoms with van der Waals surface area (Å²) in [6, 6.07) is 0.